The molecule has 0 aliphatic heterocycles. The molecule has 0 aliphatic rings. The van der Waals surface area contributed by atoms with Crippen LogP contribution in [0.2, 0.25) is 0 Å². The quantitative estimate of drug-likeness (QED) is 0.795. The van der Waals surface area contributed by atoms with Crippen LogP contribution in [-0.4, -0.2) is 25.2 Å². The lowest BCUT2D eigenvalue weighted by Crippen LogP contribution is -2.21. The molecule has 2 nitrogen and oxygen atoms in total. The van der Waals surface area contributed by atoms with Crippen LogP contribution in [0.4, 0.5) is 13.2 Å². The fraction of sp³-hybridized carbons (Fsp3) is 0.267. The number of hydrogen-bond acceptors (Lipinski definition) is 2. The standard InChI is InChI=1S/C15H13F3O2/c1-10-6-7-11-4-2-3-5-12(11)14(10)13(19)8-20-9-15(16,17)18/h2-7H,8-9H2,1H3. The Balaban J connectivity index is 2.23. The van der Waals surface area contributed by atoms with Gasteiger partial charge in [-0.1, -0.05) is 36.4 Å². The number of rotatable bonds is 4. The number of benzene rings is 2. The third-order valence-corrected chi connectivity index (χ3v) is 2.92. The summed E-state index contributed by atoms with van der Waals surface area (Å²) in [5.74, 6) is -0.441. The van der Waals surface area contributed by atoms with E-state index >= 15 is 0 Å². The maximum Gasteiger partial charge on any atom is 0.411 e. The van der Waals surface area contributed by atoms with Crippen molar-refractivity contribution >= 4 is 16.6 Å². The lowest BCUT2D eigenvalue weighted by atomic mass is 9.97. The highest BCUT2D eigenvalue weighted by Gasteiger charge is 2.28. The van der Waals surface area contributed by atoms with Crippen LogP contribution in [0, 0.1) is 6.92 Å². The highest BCUT2D eigenvalue weighted by molar-refractivity contribution is 6.09. The second-order valence-electron chi connectivity index (χ2n) is 4.51. The van der Waals surface area contributed by atoms with Gasteiger partial charge in [0, 0.05) is 5.56 Å². The Morgan fingerprint density at radius 3 is 2.55 bits per heavy atom. The van der Waals surface area contributed by atoms with Crippen molar-refractivity contribution in [3.05, 3.63) is 47.5 Å². The largest absolute Gasteiger partial charge is 0.411 e. The lowest BCUT2D eigenvalue weighted by Gasteiger charge is -2.11. The van der Waals surface area contributed by atoms with E-state index in [1.54, 1.807) is 25.1 Å². The molecule has 0 amide bonds. The molecule has 2 aromatic carbocycles. The van der Waals surface area contributed by atoms with Crippen LogP contribution < -0.4 is 0 Å². The van der Waals surface area contributed by atoms with Gasteiger partial charge in [-0.3, -0.25) is 4.79 Å². The van der Waals surface area contributed by atoms with Gasteiger partial charge >= 0.3 is 6.18 Å². The highest BCUT2D eigenvalue weighted by Crippen LogP contribution is 2.23. The smallest absolute Gasteiger partial charge is 0.364 e. The summed E-state index contributed by atoms with van der Waals surface area (Å²) in [7, 11) is 0. The molecule has 0 unspecified atom stereocenters. The van der Waals surface area contributed by atoms with E-state index in [4.69, 9.17) is 0 Å². The van der Waals surface area contributed by atoms with Crippen molar-refractivity contribution in [1.82, 2.24) is 0 Å². The van der Waals surface area contributed by atoms with Crippen molar-refractivity contribution in [2.45, 2.75) is 13.1 Å². The first-order valence-corrected chi connectivity index (χ1v) is 6.04. The van der Waals surface area contributed by atoms with Crippen molar-refractivity contribution in [3.8, 4) is 0 Å². The van der Waals surface area contributed by atoms with Gasteiger partial charge in [0.25, 0.3) is 0 Å². The molecule has 0 bridgehead atoms. The summed E-state index contributed by atoms with van der Waals surface area (Å²) in [5, 5.41) is 1.60. The molecule has 0 aliphatic carbocycles. The summed E-state index contributed by atoms with van der Waals surface area (Å²) in [6.07, 6.45) is -4.42. The molecule has 106 valence electrons. The number of aryl methyl sites for hydroxylation is 1. The Hall–Kier alpha value is -1.88. The van der Waals surface area contributed by atoms with Gasteiger partial charge < -0.3 is 4.74 Å². The van der Waals surface area contributed by atoms with Gasteiger partial charge in [-0.15, -0.1) is 0 Å². The van der Waals surface area contributed by atoms with E-state index in [0.717, 1.165) is 16.3 Å². The second kappa shape index (κ2) is 5.63. The molecular formula is C15H13F3O2. The Bertz CT molecular complexity index is 633. The summed E-state index contributed by atoms with van der Waals surface area (Å²) >= 11 is 0. The van der Waals surface area contributed by atoms with Gasteiger partial charge in [-0.25, -0.2) is 0 Å². The molecule has 0 aromatic heterocycles. The van der Waals surface area contributed by atoms with Crippen molar-refractivity contribution in [3.63, 3.8) is 0 Å². The average molecular weight is 282 g/mol. The first kappa shape index (κ1) is 14.5. The minimum atomic E-state index is -4.42. The van der Waals surface area contributed by atoms with Crippen molar-refractivity contribution in [2.75, 3.05) is 13.2 Å². The minimum Gasteiger partial charge on any atom is -0.364 e. The first-order chi connectivity index (χ1) is 9.38. The molecule has 0 N–H and O–H groups in total. The van der Waals surface area contributed by atoms with Crippen LogP contribution in [-0.2, 0) is 4.74 Å². The fourth-order valence-corrected chi connectivity index (χ4v) is 2.08. The van der Waals surface area contributed by atoms with Gasteiger partial charge in [-0.2, -0.15) is 13.2 Å². The van der Waals surface area contributed by atoms with Gasteiger partial charge in [-0.05, 0) is 23.3 Å². The fourth-order valence-electron chi connectivity index (χ4n) is 2.08. The Labute approximate surface area is 114 Å². The number of ether oxygens (including phenoxy) is 1. The number of ketones is 1. The zero-order valence-electron chi connectivity index (χ0n) is 10.8. The van der Waals surface area contributed by atoms with E-state index in [0.29, 0.717) is 5.56 Å². The van der Waals surface area contributed by atoms with Gasteiger partial charge in [0.2, 0.25) is 0 Å². The topological polar surface area (TPSA) is 26.3 Å². The third kappa shape index (κ3) is 3.36. The minimum absolute atomic E-state index is 0.422. The van der Waals surface area contributed by atoms with Crippen LogP contribution in [0.5, 0.6) is 0 Å². The number of alkyl halides is 3. The molecule has 0 fully saturated rings. The van der Waals surface area contributed by atoms with Crippen LogP contribution >= 0.6 is 0 Å². The summed E-state index contributed by atoms with van der Waals surface area (Å²) in [5.41, 5.74) is 1.15. The van der Waals surface area contributed by atoms with E-state index in [9.17, 15) is 18.0 Å². The number of Topliss-reactive ketones (excluding diaryl/α,β-unsaturated/α-hetero) is 1. The highest BCUT2D eigenvalue weighted by atomic mass is 19.4. The third-order valence-electron chi connectivity index (χ3n) is 2.92. The Kier molecular flexibility index (Phi) is 4.09. The van der Waals surface area contributed by atoms with Crippen molar-refractivity contribution in [1.29, 1.82) is 0 Å². The zero-order chi connectivity index (χ0) is 14.8. The predicted octanol–water partition coefficient (Wildman–Crippen LogP) is 3.91. The zero-order valence-corrected chi connectivity index (χ0v) is 10.8. The SMILES string of the molecule is Cc1ccc2ccccc2c1C(=O)COCC(F)(F)F. The van der Waals surface area contributed by atoms with Crippen molar-refractivity contribution in [2.24, 2.45) is 0 Å². The lowest BCUT2D eigenvalue weighted by molar-refractivity contribution is -0.170. The van der Waals surface area contributed by atoms with Crippen LogP contribution in [0.1, 0.15) is 15.9 Å². The van der Waals surface area contributed by atoms with Crippen LogP contribution in [0.15, 0.2) is 36.4 Å². The predicted molar refractivity (Wildman–Crippen MR) is 69.9 cm³/mol. The molecule has 0 saturated carbocycles. The molecule has 0 spiro atoms. The van der Waals surface area contributed by atoms with Gasteiger partial charge in [0.15, 0.2) is 5.78 Å². The molecular weight excluding hydrogens is 269 g/mol. The maximum atomic E-state index is 12.1. The Morgan fingerprint density at radius 2 is 1.85 bits per heavy atom. The number of hydrogen-bond donors (Lipinski definition) is 0. The molecule has 5 heteroatoms. The molecule has 0 heterocycles. The number of carbonyl (C=O) groups excluding carboxylic acids is 1. The molecule has 2 rings (SSSR count). The molecule has 0 atom stereocenters. The molecule has 0 radical (unpaired) electrons. The van der Waals surface area contributed by atoms with Crippen LogP contribution in [0.25, 0.3) is 10.8 Å². The summed E-state index contributed by atoms with van der Waals surface area (Å²) in [4.78, 5) is 12.1. The average Bonchev–Trinajstić information content (AvgIpc) is 2.36. The summed E-state index contributed by atoms with van der Waals surface area (Å²) in [6.45, 7) is -0.236. The van der Waals surface area contributed by atoms with E-state index in [1.807, 2.05) is 18.2 Å². The number of carbonyl (C=O) groups is 1. The monoisotopic (exact) mass is 282 g/mol. The second-order valence-corrected chi connectivity index (χ2v) is 4.51. The normalized spacial score (nSPS) is 11.8. The maximum absolute atomic E-state index is 12.1. The molecule has 2 aromatic rings. The summed E-state index contributed by atoms with van der Waals surface area (Å²) in [6, 6.07) is 10.9. The van der Waals surface area contributed by atoms with Gasteiger partial charge in [0.05, 0.1) is 0 Å². The van der Waals surface area contributed by atoms with Crippen molar-refractivity contribution < 1.29 is 22.7 Å². The first-order valence-electron chi connectivity index (χ1n) is 6.04. The molecule has 0 saturated heterocycles. The number of halogens is 3. The van der Waals surface area contributed by atoms with E-state index in [1.165, 1.54) is 0 Å². The van der Waals surface area contributed by atoms with E-state index in [2.05, 4.69) is 4.74 Å². The van der Waals surface area contributed by atoms with E-state index in [-0.39, 0.29) is 0 Å². The van der Waals surface area contributed by atoms with Crippen LogP contribution in [0.3, 0.4) is 0 Å². The number of fused-ring (bicyclic) bond motifs is 1. The van der Waals surface area contributed by atoms with E-state index < -0.39 is 25.2 Å². The summed E-state index contributed by atoms with van der Waals surface area (Å²) < 4.78 is 40.5. The van der Waals surface area contributed by atoms with Gasteiger partial charge in [0.1, 0.15) is 13.2 Å². The Morgan fingerprint density at radius 1 is 1.15 bits per heavy atom. The molecule has 20 heavy (non-hydrogen) atoms.